The number of hydrogen-bond acceptors (Lipinski definition) is 1. The zero-order valence-electron chi connectivity index (χ0n) is 12.5. The molecule has 0 spiro atoms. The van der Waals surface area contributed by atoms with Crippen molar-refractivity contribution < 1.29 is 0 Å². The zero-order chi connectivity index (χ0) is 12.7. The Labute approximate surface area is 106 Å². The third kappa shape index (κ3) is 4.38. The van der Waals surface area contributed by atoms with Gasteiger partial charge in [0, 0.05) is 0 Å². The van der Waals surface area contributed by atoms with Crippen molar-refractivity contribution in [3.8, 4) is 0 Å². The van der Waals surface area contributed by atoms with Crippen LogP contribution in [0.5, 0.6) is 0 Å². The standard InChI is InChI=1S/2C4H9.4CH3.HN.2Sn/c2*1-4(2)3;;;;;;;/h2*1-3H3;4*1H3;1H;;. The van der Waals surface area contributed by atoms with Gasteiger partial charge < -0.3 is 0 Å². The second-order valence-corrected chi connectivity index (χ2v) is 40.5. The molecule has 1 N–H and O–H groups in total. The summed E-state index contributed by atoms with van der Waals surface area (Å²) >= 11 is -4.18. The van der Waals surface area contributed by atoms with Crippen molar-refractivity contribution in [2.24, 2.45) is 0 Å². The van der Waals surface area contributed by atoms with Crippen LogP contribution in [-0.4, -0.2) is 37.3 Å². The van der Waals surface area contributed by atoms with Crippen LogP contribution in [0, 0.1) is 0 Å². The average molecular weight is 427 g/mol. The van der Waals surface area contributed by atoms with Gasteiger partial charge in [-0.3, -0.25) is 0 Å². The number of rotatable bonds is 2. The fourth-order valence-electron chi connectivity index (χ4n) is 1.16. The van der Waals surface area contributed by atoms with Crippen LogP contribution in [0.2, 0.25) is 26.6 Å². The Kier molecular flexibility index (Phi) is 5.16. The summed E-state index contributed by atoms with van der Waals surface area (Å²) in [5, 5.41) is 0. The van der Waals surface area contributed by atoms with E-state index in [1.807, 2.05) is 0 Å². The summed E-state index contributed by atoms with van der Waals surface area (Å²) < 4.78 is 5.28. The predicted molar refractivity (Wildman–Crippen MR) is 77.5 cm³/mol. The van der Waals surface area contributed by atoms with E-state index < -0.39 is 37.3 Å². The van der Waals surface area contributed by atoms with Crippen LogP contribution in [-0.2, 0) is 0 Å². The van der Waals surface area contributed by atoms with Crippen LogP contribution >= 0.6 is 0 Å². The fourth-order valence-corrected chi connectivity index (χ4v) is 52.0. The van der Waals surface area contributed by atoms with E-state index in [4.69, 9.17) is 0 Å². The summed E-state index contributed by atoms with van der Waals surface area (Å²) in [6.07, 6.45) is 0. The third-order valence-electron chi connectivity index (χ3n) is 4.38. The molecule has 0 aromatic carbocycles. The predicted octanol–water partition coefficient (Wildman–Crippen LogP) is 4.59. The topological polar surface area (TPSA) is 12.0 Å². The number of nitrogens with one attached hydrogen (secondary N) is 1. The van der Waals surface area contributed by atoms with Gasteiger partial charge in [0.15, 0.2) is 0 Å². The Morgan fingerprint density at radius 2 is 0.800 bits per heavy atom. The molecule has 15 heavy (non-hydrogen) atoms. The van der Waals surface area contributed by atoms with Crippen molar-refractivity contribution in [2.75, 3.05) is 0 Å². The zero-order valence-corrected chi connectivity index (χ0v) is 18.2. The molecular weight excluding hydrogens is 396 g/mol. The first kappa shape index (κ1) is 16.6. The molecule has 0 atom stereocenters. The molecule has 0 unspecified atom stereocenters. The maximum absolute atomic E-state index is 4.23. The molecule has 0 aromatic heterocycles. The average Bonchev–Trinajstić information content (AvgIpc) is 1.77. The molecule has 0 bridgehead atoms. The van der Waals surface area contributed by atoms with Crippen LogP contribution < -0.4 is 1.76 Å². The van der Waals surface area contributed by atoms with Gasteiger partial charge in [0.05, 0.1) is 0 Å². The molecule has 0 fully saturated rings. The molecule has 0 aromatic rings. The van der Waals surface area contributed by atoms with Crippen molar-refractivity contribution in [1.82, 2.24) is 1.76 Å². The molecule has 0 heterocycles. The van der Waals surface area contributed by atoms with Gasteiger partial charge in [-0.05, 0) is 0 Å². The fraction of sp³-hybridized carbons (Fsp3) is 1.00. The normalized spacial score (nSPS) is 15.6. The molecule has 92 valence electrons. The minimum absolute atomic E-state index is 0.522. The molecule has 0 aliphatic carbocycles. The molecular formula is C12H31NSn2. The molecule has 0 radical (unpaired) electrons. The Morgan fingerprint density at radius 1 is 0.600 bits per heavy atom. The molecule has 0 rings (SSSR count). The van der Waals surface area contributed by atoms with Gasteiger partial charge >= 0.3 is 107 Å². The first-order valence-corrected chi connectivity index (χ1v) is 23.1. The van der Waals surface area contributed by atoms with Gasteiger partial charge in [-0.15, -0.1) is 0 Å². The van der Waals surface area contributed by atoms with Gasteiger partial charge in [-0.1, -0.05) is 0 Å². The molecule has 0 saturated carbocycles. The van der Waals surface area contributed by atoms with Crippen LogP contribution in [0.1, 0.15) is 41.5 Å². The second-order valence-electron chi connectivity index (χ2n) is 7.88. The summed E-state index contributed by atoms with van der Waals surface area (Å²) in [5.41, 5.74) is 0. The van der Waals surface area contributed by atoms with Crippen LogP contribution in [0.15, 0.2) is 0 Å². The monoisotopic (exact) mass is 429 g/mol. The van der Waals surface area contributed by atoms with Crippen molar-refractivity contribution in [3.63, 3.8) is 0 Å². The second kappa shape index (κ2) is 4.67. The molecule has 0 aliphatic rings. The van der Waals surface area contributed by atoms with Gasteiger partial charge in [0.2, 0.25) is 0 Å². The Bertz CT molecular complexity index is 195. The first-order chi connectivity index (χ1) is 6.21. The summed E-state index contributed by atoms with van der Waals surface area (Å²) in [4.78, 5) is 10.2. The van der Waals surface area contributed by atoms with Gasteiger partial charge in [-0.25, -0.2) is 0 Å². The molecule has 0 amide bonds. The SMILES string of the molecule is C[C](C)(C)[Sn]([CH3])([CH3])[NH][Sn]([CH3])([CH3])[C](C)(C)C. The number of hydrogen-bond donors (Lipinski definition) is 1. The maximum atomic E-state index is 4.23. The van der Waals surface area contributed by atoms with Gasteiger partial charge in [-0.2, -0.15) is 0 Å². The van der Waals surface area contributed by atoms with E-state index in [-0.39, 0.29) is 0 Å². The Balaban J connectivity index is 4.89. The molecule has 3 heteroatoms. The summed E-state index contributed by atoms with van der Waals surface area (Å²) in [6, 6.07) is 0. The minimum atomic E-state index is -2.09. The third-order valence-corrected chi connectivity index (χ3v) is 53.3. The summed E-state index contributed by atoms with van der Waals surface area (Å²) in [5.74, 6) is 0. The van der Waals surface area contributed by atoms with E-state index in [1.54, 1.807) is 0 Å². The molecule has 0 saturated heterocycles. The van der Waals surface area contributed by atoms with E-state index >= 15 is 0 Å². The Hall–Kier alpha value is 1.56. The van der Waals surface area contributed by atoms with Crippen LogP contribution in [0.4, 0.5) is 0 Å². The molecule has 0 aliphatic heterocycles. The van der Waals surface area contributed by atoms with E-state index in [1.165, 1.54) is 0 Å². The molecule has 1 nitrogen and oxygen atoms in total. The van der Waals surface area contributed by atoms with Crippen molar-refractivity contribution in [2.45, 2.75) is 68.2 Å². The summed E-state index contributed by atoms with van der Waals surface area (Å²) in [7, 11) is 0. The van der Waals surface area contributed by atoms with Gasteiger partial charge in [0.25, 0.3) is 0 Å². The van der Waals surface area contributed by atoms with Crippen LogP contribution in [0.25, 0.3) is 0 Å². The summed E-state index contributed by atoms with van der Waals surface area (Å²) in [6.45, 7) is 14.5. The van der Waals surface area contributed by atoms with Crippen LogP contribution in [0.3, 0.4) is 0 Å². The Morgan fingerprint density at radius 3 is 0.933 bits per heavy atom. The van der Waals surface area contributed by atoms with E-state index in [0.717, 1.165) is 0 Å². The van der Waals surface area contributed by atoms with Gasteiger partial charge in [0.1, 0.15) is 0 Å². The van der Waals surface area contributed by atoms with Crippen molar-refractivity contribution in [3.05, 3.63) is 0 Å². The van der Waals surface area contributed by atoms with E-state index in [2.05, 4.69) is 63.1 Å². The quantitative estimate of drug-likeness (QED) is 0.637. The van der Waals surface area contributed by atoms with Crippen molar-refractivity contribution >= 4 is 37.3 Å². The first-order valence-electron chi connectivity index (χ1n) is 6.00. The van der Waals surface area contributed by atoms with Crippen molar-refractivity contribution in [1.29, 1.82) is 0 Å². The van der Waals surface area contributed by atoms with E-state index in [9.17, 15) is 0 Å². The van der Waals surface area contributed by atoms with E-state index in [0.29, 0.717) is 6.86 Å².